The van der Waals surface area contributed by atoms with E-state index < -0.39 is 5.91 Å². The summed E-state index contributed by atoms with van der Waals surface area (Å²) in [6.45, 7) is 2.58. The third kappa shape index (κ3) is 5.28. The quantitative estimate of drug-likeness (QED) is 0.594. The second kappa shape index (κ2) is 8.93. The molecule has 0 atom stereocenters. The van der Waals surface area contributed by atoms with Crippen molar-refractivity contribution in [2.24, 2.45) is 0 Å². The van der Waals surface area contributed by atoms with E-state index in [0.717, 1.165) is 12.8 Å². The fourth-order valence-corrected chi connectivity index (χ4v) is 2.07. The van der Waals surface area contributed by atoms with Crippen LogP contribution < -0.4 is 10.6 Å². The van der Waals surface area contributed by atoms with Crippen molar-refractivity contribution in [3.05, 3.63) is 64.7 Å². The molecule has 5 nitrogen and oxygen atoms in total. The highest BCUT2D eigenvalue weighted by Crippen LogP contribution is 2.11. The highest BCUT2D eigenvalue weighted by Gasteiger charge is 2.15. The zero-order chi connectivity index (χ0) is 17.4. The Morgan fingerprint density at radius 3 is 2.58 bits per heavy atom. The third-order valence-electron chi connectivity index (χ3n) is 3.24. The molecule has 1 aromatic carbocycles. The summed E-state index contributed by atoms with van der Waals surface area (Å²) in [7, 11) is 0. The van der Waals surface area contributed by atoms with Crippen LogP contribution in [0.3, 0.4) is 0 Å². The van der Waals surface area contributed by atoms with E-state index in [9.17, 15) is 9.59 Å². The first-order valence-electron chi connectivity index (χ1n) is 7.70. The lowest BCUT2D eigenvalue weighted by Crippen LogP contribution is -2.35. The maximum absolute atomic E-state index is 12.3. The number of benzene rings is 1. The van der Waals surface area contributed by atoms with Gasteiger partial charge in [-0.2, -0.15) is 0 Å². The van der Waals surface area contributed by atoms with Crippen LogP contribution in [-0.4, -0.2) is 18.4 Å². The molecule has 0 saturated carbocycles. The predicted octanol–water partition coefficient (Wildman–Crippen LogP) is 3.62. The second-order valence-corrected chi connectivity index (χ2v) is 5.58. The summed E-state index contributed by atoms with van der Waals surface area (Å²) in [6, 6.07) is 9.84. The van der Waals surface area contributed by atoms with Gasteiger partial charge < -0.3 is 15.1 Å². The van der Waals surface area contributed by atoms with Crippen molar-refractivity contribution < 1.29 is 14.0 Å². The largest absolute Gasteiger partial charge is 0.465 e. The van der Waals surface area contributed by atoms with E-state index in [-0.39, 0.29) is 11.6 Å². The number of furan rings is 1. The Balaban J connectivity index is 2.14. The summed E-state index contributed by atoms with van der Waals surface area (Å²) in [4.78, 5) is 24.6. The van der Waals surface area contributed by atoms with Crippen molar-refractivity contribution in [1.29, 1.82) is 0 Å². The van der Waals surface area contributed by atoms with Gasteiger partial charge in [0.25, 0.3) is 11.8 Å². The van der Waals surface area contributed by atoms with Crippen LogP contribution in [0.25, 0.3) is 6.08 Å². The Bertz CT molecular complexity index is 706. The maximum Gasteiger partial charge on any atom is 0.267 e. The average Bonchev–Trinajstić information content (AvgIpc) is 3.08. The molecule has 0 bridgehead atoms. The zero-order valence-electron chi connectivity index (χ0n) is 13.3. The van der Waals surface area contributed by atoms with Crippen molar-refractivity contribution in [2.75, 3.05) is 6.54 Å². The maximum atomic E-state index is 12.3. The number of carbonyl (C=O) groups is 2. The molecular formula is C18H19ClN2O3. The Labute approximate surface area is 145 Å². The highest BCUT2D eigenvalue weighted by atomic mass is 35.5. The lowest BCUT2D eigenvalue weighted by Gasteiger charge is -2.10. The third-order valence-corrected chi connectivity index (χ3v) is 3.50. The van der Waals surface area contributed by atoms with Gasteiger partial charge in [0.2, 0.25) is 0 Å². The smallest absolute Gasteiger partial charge is 0.267 e. The molecule has 1 heterocycles. The highest BCUT2D eigenvalue weighted by molar-refractivity contribution is 6.30. The minimum absolute atomic E-state index is 0.126. The minimum atomic E-state index is -0.393. The van der Waals surface area contributed by atoms with E-state index in [1.807, 2.05) is 6.92 Å². The van der Waals surface area contributed by atoms with Crippen molar-refractivity contribution in [3.8, 4) is 0 Å². The van der Waals surface area contributed by atoms with Gasteiger partial charge in [-0.25, -0.2) is 0 Å². The molecule has 2 rings (SSSR count). The van der Waals surface area contributed by atoms with Gasteiger partial charge in [-0.15, -0.1) is 0 Å². The lowest BCUT2D eigenvalue weighted by molar-refractivity contribution is -0.117. The average molecular weight is 347 g/mol. The van der Waals surface area contributed by atoms with Crippen molar-refractivity contribution in [2.45, 2.75) is 19.8 Å². The Hall–Kier alpha value is -2.53. The first kappa shape index (κ1) is 17.8. The molecule has 0 spiro atoms. The number of unbranched alkanes of at least 4 members (excludes halogenated alkanes) is 1. The number of carbonyl (C=O) groups excluding carboxylic acids is 2. The Morgan fingerprint density at radius 1 is 1.21 bits per heavy atom. The van der Waals surface area contributed by atoms with Crippen LogP contribution in [0.15, 0.2) is 52.8 Å². The van der Waals surface area contributed by atoms with E-state index in [0.29, 0.717) is 22.9 Å². The topological polar surface area (TPSA) is 71.3 Å². The summed E-state index contributed by atoms with van der Waals surface area (Å²) >= 11 is 5.82. The van der Waals surface area contributed by atoms with Crippen molar-refractivity contribution in [1.82, 2.24) is 10.6 Å². The monoisotopic (exact) mass is 346 g/mol. The predicted molar refractivity (Wildman–Crippen MR) is 93.5 cm³/mol. The van der Waals surface area contributed by atoms with E-state index >= 15 is 0 Å². The van der Waals surface area contributed by atoms with Crippen molar-refractivity contribution >= 4 is 29.5 Å². The molecule has 0 aliphatic rings. The van der Waals surface area contributed by atoms with E-state index in [4.69, 9.17) is 16.0 Å². The minimum Gasteiger partial charge on any atom is -0.465 e. The second-order valence-electron chi connectivity index (χ2n) is 5.14. The first-order valence-corrected chi connectivity index (χ1v) is 8.08. The molecule has 2 amide bonds. The molecular weight excluding hydrogens is 328 g/mol. The standard InChI is InChI=1S/C18H19ClN2O3/c1-2-3-10-20-18(23)16(12-15-5-4-11-24-15)21-17(22)13-6-8-14(19)9-7-13/h4-9,11-12H,2-3,10H2,1H3,(H,20,23)(H,21,22)/b16-12-. The van der Waals surface area contributed by atoms with Crippen LogP contribution in [0.1, 0.15) is 35.9 Å². The molecule has 0 fully saturated rings. The van der Waals surface area contributed by atoms with Gasteiger partial charge >= 0.3 is 0 Å². The summed E-state index contributed by atoms with van der Waals surface area (Å²) in [5, 5.41) is 5.94. The Kier molecular flexibility index (Phi) is 6.63. The fraction of sp³-hybridized carbons (Fsp3) is 0.222. The molecule has 0 radical (unpaired) electrons. The SMILES string of the molecule is CCCCNC(=O)/C(=C/c1ccco1)NC(=O)c1ccc(Cl)cc1. The van der Waals surface area contributed by atoms with Gasteiger partial charge in [-0.1, -0.05) is 24.9 Å². The first-order chi connectivity index (χ1) is 11.6. The van der Waals surface area contributed by atoms with Crippen molar-refractivity contribution in [3.63, 3.8) is 0 Å². The van der Waals surface area contributed by atoms with Crippen LogP contribution in [-0.2, 0) is 4.79 Å². The van der Waals surface area contributed by atoms with Crippen LogP contribution >= 0.6 is 11.6 Å². The Morgan fingerprint density at radius 2 is 1.96 bits per heavy atom. The molecule has 0 aliphatic heterocycles. The van der Waals surface area contributed by atoms with Gasteiger partial charge in [-0.05, 0) is 42.8 Å². The van der Waals surface area contributed by atoms with Gasteiger partial charge in [-0.3, -0.25) is 9.59 Å². The summed E-state index contributed by atoms with van der Waals surface area (Å²) in [5.74, 6) is -0.274. The molecule has 0 saturated heterocycles. The normalized spacial score (nSPS) is 11.2. The number of amides is 2. The van der Waals surface area contributed by atoms with Crippen LogP contribution in [0, 0.1) is 0 Å². The van der Waals surface area contributed by atoms with E-state index in [1.165, 1.54) is 12.3 Å². The molecule has 2 N–H and O–H groups in total. The van der Waals surface area contributed by atoms with E-state index in [2.05, 4.69) is 10.6 Å². The summed E-state index contributed by atoms with van der Waals surface area (Å²) in [5.41, 5.74) is 0.534. The summed E-state index contributed by atoms with van der Waals surface area (Å²) < 4.78 is 5.22. The van der Waals surface area contributed by atoms with Gasteiger partial charge in [0.05, 0.1) is 6.26 Å². The number of nitrogens with one attached hydrogen (secondary N) is 2. The number of hydrogen-bond acceptors (Lipinski definition) is 3. The molecule has 1 aromatic heterocycles. The fourth-order valence-electron chi connectivity index (χ4n) is 1.94. The van der Waals surface area contributed by atoms with Gasteiger partial charge in [0.1, 0.15) is 11.5 Å². The van der Waals surface area contributed by atoms with Crippen LogP contribution in [0.2, 0.25) is 5.02 Å². The summed E-state index contributed by atoms with van der Waals surface area (Å²) in [6.07, 6.45) is 4.83. The molecule has 6 heteroatoms. The molecule has 0 unspecified atom stereocenters. The number of rotatable bonds is 7. The lowest BCUT2D eigenvalue weighted by atomic mass is 10.2. The molecule has 24 heavy (non-hydrogen) atoms. The number of halogens is 1. The number of hydrogen-bond donors (Lipinski definition) is 2. The molecule has 126 valence electrons. The molecule has 2 aromatic rings. The zero-order valence-corrected chi connectivity index (χ0v) is 14.1. The molecule has 0 aliphatic carbocycles. The van der Waals surface area contributed by atoms with Crippen LogP contribution in [0.4, 0.5) is 0 Å². The van der Waals surface area contributed by atoms with Gasteiger partial charge in [0, 0.05) is 23.2 Å². The van der Waals surface area contributed by atoms with Crippen LogP contribution in [0.5, 0.6) is 0 Å². The van der Waals surface area contributed by atoms with Gasteiger partial charge in [0.15, 0.2) is 0 Å². The van der Waals surface area contributed by atoms with E-state index in [1.54, 1.807) is 36.4 Å².